The highest BCUT2D eigenvalue weighted by Gasteiger charge is 2.28. The first-order valence-electron chi connectivity index (χ1n) is 14.6. The Labute approximate surface area is 241 Å². The van der Waals surface area contributed by atoms with E-state index in [0.717, 1.165) is 62.2 Å². The van der Waals surface area contributed by atoms with E-state index in [1.54, 1.807) is 17.9 Å². The van der Waals surface area contributed by atoms with Gasteiger partial charge >= 0.3 is 0 Å². The first kappa shape index (κ1) is 26.8. The van der Waals surface area contributed by atoms with Gasteiger partial charge < -0.3 is 15.2 Å². The number of nitrogens with one attached hydrogen (secondary N) is 2. The summed E-state index contributed by atoms with van der Waals surface area (Å²) in [6.07, 6.45) is 12.7. The summed E-state index contributed by atoms with van der Waals surface area (Å²) >= 11 is 1.58. The number of nitrogens with zero attached hydrogens (tertiary/aromatic N) is 4. The van der Waals surface area contributed by atoms with Gasteiger partial charge in [0.25, 0.3) is 0 Å². The fraction of sp³-hybridized carbons (Fsp3) is 0.364. The summed E-state index contributed by atoms with van der Waals surface area (Å²) in [4.78, 5) is 10.3. The third-order valence-electron chi connectivity index (χ3n) is 8.03. The zero-order chi connectivity index (χ0) is 27.0. The van der Waals surface area contributed by atoms with Crippen molar-refractivity contribution in [3.8, 4) is 10.4 Å². The third kappa shape index (κ3) is 6.66. The molecule has 0 bridgehead atoms. The van der Waals surface area contributed by atoms with Crippen LogP contribution in [0.4, 0.5) is 0 Å². The lowest BCUT2D eigenvalue weighted by Crippen LogP contribution is -2.26. The van der Waals surface area contributed by atoms with E-state index in [1.165, 1.54) is 40.8 Å². The van der Waals surface area contributed by atoms with Gasteiger partial charge in [-0.15, -0.1) is 0 Å². The Morgan fingerprint density at radius 2 is 1.70 bits per heavy atom. The average molecular weight is 551 g/mol. The van der Waals surface area contributed by atoms with Crippen LogP contribution in [-0.4, -0.2) is 45.1 Å². The second-order valence-electron chi connectivity index (χ2n) is 10.9. The van der Waals surface area contributed by atoms with E-state index in [4.69, 9.17) is 9.36 Å². The quantitative estimate of drug-likeness (QED) is 0.169. The highest BCUT2D eigenvalue weighted by atomic mass is 32.1. The molecule has 3 heterocycles. The van der Waals surface area contributed by atoms with Gasteiger partial charge in [-0.3, -0.25) is 0 Å². The number of hydrogen-bond acceptors (Lipinski definition) is 6. The van der Waals surface area contributed by atoms with Gasteiger partial charge in [-0.25, -0.2) is 9.97 Å². The standard InChI is InChI=1S/C33H38N6S/c1-3-8-25(9-4-1)14-17-34-15-7-16-35-21-27-12-13-29(19-27)39-23-31(30-22-36-24-37-33(30)39)32-20-28(38-40-32)18-26-10-5-2-6-11-26/h1-6,8-11,20,22-24,27,29,34-35H,7,12-19,21H2. The minimum Gasteiger partial charge on any atom is -0.329 e. The van der Waals surface area contributed by atoms with Gasteiger partial charge in [0.2, 0.25) is 0 Å². The average Bonchev–Trinajstić information content (AvgIpc) is 3.74. The van der Waals surface area contributed by atoms with Gasteiger partial charge in [-0.2, -0.15) is 4.37 Å². The number of rotatable bonds is 13. The molecular formula is C33H38N6S. The predicted molar refractivity (Wildman–Crippen MR) is 165 cm³/mol. The van der Waals surface area contributed by atoms with Crippen LogP contribution in [0.15, 0.2) is 85.5 Å². The van der Waals surface area contributed by atoms with Crippen LogP contribution in [0.5, 0.6) is 0 Å². The SMILES string of the molecule is c1ccc(CCNCCCNCC2CCC(n3cc(-c4cc(Cc5ccccc5)ns4)c4cncnc43)C2)cc1. The van der Waals surface area contributed by atoms with Crippen LogP contribution in [0.2, 0.25) is 0 Å². The zero-order valence-electron chi connectivity index (χ0n) is 23.0. The Balaban J connectivity index is 1.00. The van der Waals surface area contributed by atoms with E-state index in [-0.39, 0.29) is 0 Å². The molecule has 7 heteroatoms. The molecule has 206 valence electrons. The normalized spacial score (nSPS) is 17.1. The highest BCUT2D eigenvalue weighted by Crippen LogP contribution is 2.40. The molecule has 0 saturated heterocycles. The van der Waals surface area contributed by atoms with Crippen molar-refractivity contribution >= 4 is 22.6 Å². The van der Waals surface area contributed by atoms with Crippen LogP contribution < -0.4 is 10.6 Å². The van der Waals surface area contributed by atoms with Crippen molar-refractivity contribution in [2.24, 2.45) is 5.92 Å². The number of benzene rings is 2. The number of hydrogen-bond donors (Lipinski definition) is 2. The molecule has 3 aromatic heterocycles. The van der Waals surface area contributed by atoms with Crippen LogP contribution in [0.25, 0.3) is 21.5 Å². The summed E-state index contributed by atoms with van der Waals surface area (Å²) < 4.78 is 7.19. The van der Waals surface area contributed by atoms with Crippen LogP contribution in [-0.2, 0) is 12.8 Å². The van der Waals surface area contributed by atoms with Crippen molar-refractivity contribution in [2.75, 3.05) is 26.2 Å². The Bertz CT molecular complexity index is 1480. The molecule has 2 aromatic carbocycles. The van der Waals surface area contributed by atoms with Gasteiger partial charge in [-0.05, 0) is 92.9 Å². The lowest BCUT2D eigenvalue weighted by atomic mass is 10.1. The minimum absolute atomic E-state index is 0.481. The fourth-order valence-electron chi connectivity index (χ4n) is 5.92. The molecule has 1 fully saturated rings. The maximum atomic E-state index is 4.77. The molecule has 1 saturated carbocycles. The summed E-state index contributed by atoms with van der Waals surface area (Å²) in [5, 5.41) is 8.42. The maximum Gasteiger partial charge on any atom is 0.144 e. The molecule has 1 aliphatic carbocycles. The van der Waals surface area contributed by atoms with E-state index >= 15 is 0 Å². The van der Waals surface area contributed by atoms with Crippen LogP contribution in [0.1, 0.15) is 48.5 Å². The predicted octanol–water partition coefficient (Wildman–Crippen LogP) is 6.30. The number of fused-ring (bicyclic) bond motifs is 1. The number of aromatic nitrogens is 4. The van der Waals surface area contributed by atoms with Gasteiger partial charge in [0, 0.05) is 35.8 Å². The molecule has 0 aliphatic heterocycles. The van der Waals surface area contributed by atoms with Crippen LogP contribution in [0.3, 0.4) is 0 Å². The van der Waals surface area contributed by atoms with Gasteiger partial charge in [0.15, 0.2) is 0 Å². The minimum atomic E-state index is 0.481. The molecule has 2 unspecified atom stereocenters. The lowest BCUT2D eigenvalue weighted by Gasteiger charge is -2.15. The molecule has 0 spiro atoms. The molecule has 5 aromatic rings. The summed E-state index contributed by atoms with van der Waals surface area (Å²) in [6.45, 7) is 4.27. The largest absolute Gasteiger partial charge is 0.329 e. The van der Waals surface area contributed by atoms with Crippen LogP contribution in [0, 0.1) is 5.92 Å². The van der Waals surface area contributed by atoms with Gasteiger partial charge in [0.1, 0.15) is 12.0 Å². The molecule has 2 atom stereocenters. The van der Waals surface area contributed by atoms with Crippen molar-refractivity contribution in [1.29, 1.82) is 0 Å². The Morgan fingerprint density at radius 1 is 0.900 bits per heavy atom. The van der Waals surface area contributed by atoms with Gasteiger partial charge in [0.05, 0.1) is 10.6 Å². The van der Waals surface area contributed by atoms with Crippen LogP contribution >= 0.6 is 11.5 Å². The summed E-state index contributed by atoms with van der Waals surface area (Å²) in [5.41, 5.74) is 6.05. The summed E-state index contributed by atoms with van der Waals surface area (Å²) in [7, 11) is 0. The van der Waals surface area contributed by atoms with Crippen molar-refractivity contribution in [3.63, 3.8) is 0 Å². The van der Waals surface area contributed by atoms with E-state index in [1.807, 2.05) is 6.20 Å². The topological polar surface area (TPSA) is 67.7 Å². The van der Waals surface area contributed by atoms with Crippen molar-refractivity contribution in [3.05, 3.63) is 102 Å². The monoisotopic (exact) mass is 550 g/mol. The smallest absolute Gasteiger partial charge is 0.144 e. The Morgan fingerprint density at radius 3 is 2.55 bits per heavy atom. The molecule has 0 radical (unpaired) electrons. The summed E-state index contributed by atoms with van der Waals surface area (Å²) in [6, 6.07) is 24.0. The van der Waals surface area contributed by atoms with Crippen molar-refractivity contribution < 1.29 is 0 Å². The highest BCUT2D eigenvalue weighted by molar-refractivity contribution is 7.09. The first-order chi connectivity index (χ1) is 19.8. The zero-order valence-corrected chi connectivity index (χ0v) is 23.8. The molecule has 1 aliphatic rings. The lowest BCUT2D eigenvalue weighted by molar-refractivity contribution is 0.452. The molecular weight excluding hydrogens is 512 g/mol. The maximum absolute atomic E-state index is 4.77. The van der Waals surface area contributed by atoms with E-state index in [2.05, 4.69) is 93.1 Å². The van der Waals surface area contributed by atoms with E-state index in [0.29, 0.717) is 12.0 Å². The molecule has 40 heavy (non-hydrogen) atoms. The second-order valence-corrected chi connectivity index (χ2v) is 11.7. The second kappa shape index (κ2) is 13.3. The van der Waals surface area contributed by atoms with Gasteiger partial charge in [-0.1, -0.05) is 60.7 Å². The third-order valence-corrected chi connectivity index (χ3v) is 8.89. The molecule has 6 rings (SSSR count). The Hall–Kier alpha value is -3.39. The molecule has 2 N–H and O–H groups in total. The first-order valence-corrected chi connectivity index (χ1v) is 15.4. The van der Waals surface area contributed by atoms with Crippen molar-refractivity contribution in [2.45, 2.75) is 44.6 Å². The molecule has 6 nitrogen and oxygen atoms in total. The fourth-order valence-corrected chi connectivity index (χ4v) is 6.71. The van der Waals surface area contributed by atoms with Crippen molar-refractivity contribution in [1.82, 2.24) is 29.5 Å². The Kier molecular flexibility index (Phi) is 8.92. The summed E-state index contributed by atoms with van der Waals surface area (Å²) in [5.74, 6) is 0.708. The molecule has 0 amide bonds. The van der Waals surface area contributed by atoms with E-state index < -0.39 is 0 Å². The van der Waals surface area contributed by atoms with E-state index in [9.17, 15) is 0 Å².